The van der Waals surface area contributed by atoms with Gasteiger partial charge in [0.25, 0.3) is 0 Å². The minimum Gasteiger partial charge on any atom is -0.488 e. The van der Waals surface area contributed by atoms with Gasteiger partial charge in [0.15, 0.2) is 0 Å². The molecule has 6 rings (SSSR count). The van der Waals surface area contributed by atoms with Crippen molar-refractivity contribution >= 4 is 23.5 Å². The summed E-state index contributed by atoms with van der Waals surface area (Å²) in [6.45, 7) is 8.20. The molecule has 0 saturated carbocycles. The van der Waals surface area contributed by atoms with Gasteiger partial charge in [0.05, 0.1) is 17.2 Å². The Morgan fingerprint density at radius 2 is 1.68 bits per heavy atom. The van der Waals surface area contributed by atoms with E-state index in [1.165, 1.54) is 31.2 Å². The number of ether oxygens (including phenoxy) is 2. The van der Waals surface area contributed by atoms with Gasteiger partial charge in [-0.15, -0.1) is 0 Å². The number of aliphatic hydroxyl groups is 1. The maximum atomic E-state index is 11.9. The molecule has 0 saturated heterocycles. The van der Waals surface area contributed by atoms with Crippen molar-refractivity contribution in [3.8, 4) is 39.8 Å². The number of fused-ring (bicyclic) bond motifs is 1. The molecule has 12 heteroatoms. The summed E-state index contributed by atoms with van der Waals surface area (Å²) in [5.41, 5.74) is 10.3. The lowest BCUT2D eigenvalue weighted by atomic mass is 9.87. The van der Waals surface area contributed by atoms with Crippen molar-refractivity contribution in [2.24, 2.45) is 0 Å². The zero-order valence-electron chi connectivity index (χ0n) is 32.4. The summed E-state index contributed by atoms with van der Waals surface area (Å²) >= 11 is 6.77. The third kappa shape index (κ3) is 9.62. The summed E-state index contributed by atoms with van der Waals surface area (Å²) in [6.07, 6.45) is 3.92. The lowest BCUT2D eigenvalue weighted by Crippen LogP contribution is -2.52. The number of carboxylic acid groups (broad SMARTS) is 1. The van der Waals surface area contributed by atoms with E-state index in [1.807, 2.05) is 12.1 Å². The standard InChI is InChI=1S/C45H46ClN5O6/c1-27-34(7-5-9-39(27)40-10-6-8-38(28(40)2)33-12-11-32-15-37(23-49-29(3)53)50-21-35(32)14-33)25-57-43-17-42(56-24-31-13-30(18-47)19-48-20-31)36(16-41(43)46)22-51-45(4,26-52)44(54)55/h5-14,16-17,19-20,37,50-52H,15,21-26H2,1-4H3,(H,49,53)(H,54,55)/t37?,45-/m0/s1. The van der Waals surface area contributed by atoms with Crippen LogP contribution in [0.5, 0.6) is 11.5 Å². The minimum absolute atomic E-state index is 0.0234. The van der Waals surface area contributed by atoms with Crippen LogP contribution in [-0.2, 0) is 42.3 Å². The normalized spacial score (nSPS) is 14.5. The van der Waals surface area contributed by atoms with Gasteiger partial charge in [0.2, 0.25) is 5.91 Å². The lowest BCUT2D eigenvalue weighted by Gasteiger charge is -2.27. The number of nitrogens with one attached hydrogen (secondary N) is 3. The maximum Gasteiger partial charge on any atom is 0.326 e. The first-order valence-corrected chi connectivity index (χ1v) is 19.1. The average Bonchev–Trinajstić information content (AvgIpc) is 3.21. The SMILES string of the molecule is CC(=O)NCC1Cc2ccc(-c3cccc(-c4cccc(COc5cc(OCc6cncc(C#N)c6)c(CN[C@@](C)(CO)C(=O)O)cc5Cl)c4C)c3C)cc2CN1. The smallest absolute Gasteiger partial charge is 0.326 e. The van der Waals surface area contributed by atoms with Crippen molar-refractivity contribution in [1.82, 2.24) is 20.9 Å². The Morgan fingerprint density at radius 3 is 2.42 bits per heavy atom. The Balaban J connectivity index is 1.23. The fourth-order valence-electron chi connectivity index (χ4n) is 6.92. The van der Waals surface area contributed by atoms with Crippen LogP contribution >= 0.6 is 11.6 Å². The number of benzene rings is 4. The summed E-state index contributed by atoms with van der Waals surface area (Å²) in [5.74, 6) is -0.474. The van der Waals surface area contributed by atoms with Gasteiger partial charge in [-0.05, 0) is 95.5 Å². The van der Waals surface area contributed by atoms with Gasteiger partial charge in [0, 0.05) is 62.2 Å². The first kappa shape index (κ1) is 40.9. The predicted octanol–water partition coefficient (Wildman–Crippen LogP) is 6.79. The molecule has 0 spiro atoms. The number of aromatic nitrogens is 1. The number of rotatable bonds is 15. The molecular formula is C45H46ClN5O6. The molecule has 294 valence electrons. The Morgan fingerprint density at radius 1 is 0.947 bits per heavy atom. The van der Waals surface area contributed by atoms with Crippen LogP contribution in [0.25, 0.3) is 22.3 Å². The van der Waals surface area contributed by atoms with E-state index in [0.717, 1.165) is 51.9 Å². The first-order valence-electron chi connectivity index (χ1n) is 18.7. The topological polar surface area (TPSA) is 166 Å². The minimum atomic E-state index is -1.59. The second kappa shape index (κ2) is 18.0. The number of hydrogen-bond donors (Lipinski definition) is 5. The number of nitrogens with zero attached hydrogens (tertiary/aromatic N) is 2. The van der Waals surface area contributed by atoms with E-state index < -0.39 is 18.1 Å². The second-order valence-electron chi connectivity index (χ2n) is 14.6. The van der Waals surface area contributed by atoms with Crippen molar-refractivity contribution in [3.05, 3.63) is 135 Å². The van der Waals surface area contributed by atoms with Crippen LogP contribution < -0.4 is 25.4 Å². The predicted molar refractivity (Wildman–Crippen MR) is 219 cm³/mol. The van der Waals surface area contributed by atoms with Gasteiger partial charge in [-0.3, -0.25) is 19.9 Å². The highest BCUT2D eigenvalue weighted by Gasteiger charge is 2.32. The average molecular weight is 788 g/mol. The van der Waals surface area contributed by atoms with Gasteiger partial charge in [-0.1, -0.05) is 60.1 Å². The quantitative estimate of drug-likeness (QED) is 0.0763. The van der Waals surface area contributed by atoms with Crippen LogP contribution in [0.4, 0.5) is 0 Å². The molecule has 11 nitrogen and oxygen atoms in total. The van der Waals surface area contributed by atoms with Crippen molar-refractivity contribution in [2.45, 2.75) is 72.0 Å². The van der Waals surface area contributed by atoms with Crippen molar-refractivity contribution in [1.29, 1.82) is 5.26 Å². The van der Waals surface area contributed by atoms with Crippen LogP contribution in [0.3, 0.4) is 0 Å². The number of aliphatic hydroxyl groups excluding tert-OH is 1. The maximum absolute atomic E-state index is 11.9. The molecule has 1 amide bonds. The van der Waals surface area contributed by atoms with E-state index in [1.54, 1.807) is 24.4 Å². The van der Waals surface area contributed by atoms with Crippen LogP contribution in [0.2, 0.25) is 5.02 Å². The molecular weight excluding hydrogens is 742 g/mol. The molecule has 1 aromatic heterocycles. The molecule has 1 aliphatic heterocycles. The molecule has 1 unspecified atom stereocenters. The number of pyridine rings is 1. The monoisotopic (exact) mass is 787 g/mol. The number of amides is 1. The molecule has 0 bridgehead atoms. The number of aliphatic carboxylic acids is 1. The number of carboxylic acids is 1. The second-order valence-corrected chi connectivity index (χ2v) is 15.0. The molecule has 4 aromatic carbocycles. The number of hydrogen-bond acceptors (Lipinski definition) is 9. The summed E-state index contributed by atoms with van der Waals surface area (Å²) in [5, 5.41) is 38.5. The van der Waals surface area contributed by atoms with E-state index in [9.17, 15) is 25.1 Å². The number of halogens is 1. The molecule has 0 radical (unpaired) electrons. The van der Waals surface area contributed by atoms with Crippen molar-refractivity contribution in [3.63, 3.8) is 0 Å². The molecule has 5 N–H and O–H groups in total. The van der Waals surface area contributed by atoms with Gasteiger partial charge < -0.3 is 30.3 Å². The van der Waals surface area contributed by atoms with E-state index >= 15 is 0 Å². The zero-order chi connectivity index (χ0) is 40.7. The van der Waals surface area contributed by atoms with Crippen LogP contribution in [0, 0.1) is 25.2 Å². The zero-order valence-corrected chi connectivity index (χ0v) is 33.2. The summed E-state index contributed by atoms with van der Waals surface area (Å²) in [4.78, 5) is 27.4. The Labute approximate surface area is 337 Å². The third-order valence-electron chi connectivity index (χ3n) is 10.5. The number of carbonyl (C=O) groups excluding carboxylic acids is 1. The van der Waals surface area contributed by atoms with E-state index in [2.05, 4.69) is 83.3 Å². The van der Waals surface area contributed by atoms with Crippen LogP contribution in [-0.4, -0.2) is 51.8 Å². The highest BCUT2D eigenvalue weighted by molar-refractivity contribution is 6.32. The summed E-state index contributed by atoms with van der Waals surface area (Å²) < 4.78 is 12.5. The van der Waals surface area contributed by atoms with Gasteiger partial charge in [-0.2, -0.15) is 5.26 Å². The molecule has 0 aliphatic carbocycles. The highest BCUT2D eigenvalue weighted by Crippen LogP contribution is 2.37. The molecule has 5 aromatic rings. The van der Waals surface area contributed by atoms with Gasteiger partial charge in [0.1, 0.15) is 36.3 Å². The van der Waals surface area contributed by atoms with E-state index in [0.29, 0.717) is 39.8 Å². The molecule has 1 aliphatic rings. The summed E-state index contributed by atoms with van der Waals surface area (Å²) in [7, 11) is 0. The Hall–Kier alpha value is -5.77. The fraction of sp³-hybridized carbons (Fsp3) is 0.289. The van der Waals surface area contributed by atoms with E-state index in [-0.39, 0.29) is 31.7 Å². The highest BCUT2D eigenvalue weighted by atomic mass is 35.5. The van der Waals surface area contributed by atoms with E-state index in [4.69, 9.17) is 21.1 Å². The third-order valence-corrected chi connectivity index (χ3v) is 10.8. The lowest BCUT2D eigenvalue weighted by molar-refractivity contribution is -0.146. The largest absolute Gasteiger partial charge is 0.488 e. The molecule has 0 fully saturated rings. The fourth-order valence-corrected chi connectivity index (χ4v) is 7.17. The Kier molecular flexibility index (Phi) is 12.9. The van der Waals surface area contributed by atoms with Crippen LogP contribution in [0.15, 0.2) is 85.2 Å². The summed E-state index contributed by atoms with van der Waals surface area (Å²) in [6, 6.07) is 26.5. The van der Waals surface area contributed by atoms with Crippen molar-refractivity contribution < 1.29 is 29.3 Å². The first-order chi connectivity index (χ1) is 27.4. The molecule has 2 atom stereocenters. The van der Waals surface area contributed by atoms with Crippen molar-refractivity contribution in [2.75, 3.05) is 13.2 Å². The molecule has 57 heavy (non-hydrogen) atoms. The van der Waals surface area contributed by atoms with Crippen LogP contribution in [0.1, 0.15) is 58.4 Å². The molecule has 2 heterocycles. The van der Waals surface area contributed by atoms with Gasteiger partial charge >= 0.3 is 5.97 Å². The number of nitriles is 1. The van der Waals surface area contributed by atoms with Gasteiger partial charge in [-0.25, -0.2) is 0 Å². The Bertz CT molecular complexity index is 2340. The number of carbonyl (C=O) groups is 2.